The molecule has 1 aromatic heterocycles. The van der Waals surface area contributed by atoms with Gasteiger partial charge in [0.05, 0.1) is 12.1 Å². The molecule has 6 heteroatoms. The van der Waals surface area contributed by atoms with E-state index in [1.54, 1.807) is 10.7 Å². The summed E-state index contributed by atoms with van der Waals surface area (Å²) in [5.74, 6) is 0.277. The van der Waals surface area contributed by atoms with Gasteiger partial charge in [0.1, 0.15) is 12.1 Å². The Bertz CT molecular complexity index is 566. The maximum atomic E-state index is 14.0. The zero-order valence-corrected chi connectivity index (χ0v) is 13.3. The van der Waals surface area contributed by atoms with Gasteiger partial charge in [-0.05, 0) is 31.3 Å². The number of likely N-dealkylation sites (N-methyl/N-ethyl adjacent to an activating group) is 1. The van der Waals surface area contributed by atoms with Gasteiger partial charge in [0, 0.05) is 11.0 Å². The highest BCUT2D eigenvalue weighted by Crippen LogP contribution is 2.23. The molecule has 0 aliphatic rings. The second-order valence-corrected chi connectivity index (χ2v) is 5.37. The van der Waals surface area contributed by atoms with Crippen LogP contribution in [0.25, 0.3) is 11.4 Å². The van der Waals surface area contributed by atoms with Crippen LogP contribution in [-0.2, 0) is 6.54 Å². The van der Waals surface area contributed by atoms with Crippen molar-refractivity contribution in [2.75, 3.05) is 19.6 Å². The molecule has 1 aromatic carbocycles. The van der Waals surface area contributed by atoms with Crippen LogP contribution >= 0.6 is 15.9 Å². The third kappa shape index (κ3) is 3.43. The van der Waals surface area contributed by atoms with Crippen molar-refractivity contribution in [3.63, 3.8) is 0 Å². The van der Waals surface area contributed by atoms with Gasteiger partial charge in [-0.15, -0.1) is 0 Å². The Balaban J connectivity index is 2.20. The molecule has 0 bridgehead atoms. The Kier molecular flexibility index (Phi) is 5.25. The quantitative estimate of drug-likeness (QED) is 0.809. The fourth-order valence-electron chi connectivity index (χ4n) is 2.08. The standard InChI is InChI=1S/C14H18BrFN4/c1-3-19(4-2)7-8-20-14(17-10-18-20)12-6-5-11(15)9-13(12)16/h5-6,9-10H,3-4,7-8H2,1-2H3. The van der Waals surface area contributed by atoms with Gasteiger partial charge in [-0.1, -0.05) is 29.8 Å². The minimum atomic E-state index is -0.295. The molecule has 0 aliphatic carbocycles. The maximum Gasteiger partial charge on any atom is 0.161 e. The predicted molar refractivity (Wildman–Crippen MR) is 80.9 cm³/mol. The van der Waals surface area contributed by atoms with Gasteiger partial charge in [0.25, 0.3) is 0 Å². The third-order valence-electron chi connectivity index (χ3n) is 3.31. The zero-order chi connectivity index (χ0) is 14.5. The molecule has 0 amide bonds. The molecular weight excluding hydrogens is 323 g/mol. The summed E-state index contributed by atoms with van der Waals surface area (Å²) in [5, 5.41) is 4.20. The fourth-order valence-corrected chi connectivity index (χ4v) is 2.42. The molecule has 0 fully saturated rings. The summed E-state index contributed by atoms with van der Waals surface area (Å²) < 4.78 is 16.5. The molecule has 2 aromatic rings. The first kappa shape index (κ1) is 15.1. The molecular formula is C14H18BrFN4. The largest absolute Gasteiger partial charge is 0.302 e. The zero-order valence-electron chi connectivity index (χ0n) is 11.7. The Morgan fingerprint density at radius 3 is 2.70 bits per heavy atom. The molecule has 0 spiro atoms. The lowest BCUT2D eigenvalue weighted by Gasteiger charge is -2.18. The lowest BCUT2D eigenvalue weighted by Crippen LogP contribution is -2.27. The van der Waals surface area contributed by atoms with Gasteiger partial charge in [-0.2, -0.15) is 5.10 Å². The van der Waals surface area contributed by atoms with Crippen LogP contribution < -0.4 is 0 Å². The van der Waals surface area contributed by atoms with Crippen LogP contribution in [0.2, 0.25) is 0 Å². The SMILES string of the molecule is CCN(CC)CCn1ncnc1-c1ccc(Br)cc1F. The molecule has 0 aliphatic heterocycles. The molecule has 0 unspecified atom stereocenters. The smallest absolute Gasteiger partial charge is 0.161 e. The molecule has 0 N–H and O–H groups in total. The van der Waals surface area contributed by atoms with E-state index in [-0.39, 0.29) is 5.82 Å². The molecule has 0 saturated heterocycles. The average molecular weight is 341 g/mol. The Labute approximate surface area is 126 Å². The van der Waals surface area contributed by atoms with Crippen LogP contribution in [0.5, 0.6) is 0 Å². The van der Waals surface area contributed by atoms with E-state index in [0.29, 0.717) is 22.4 Å². The first-order valence-corrected chi connectivity index (χ1v) is 7.50. The average Bonchev–Trinajstić information content (AvgIpc) is 2.88. The van der Waals surface area contributed by atoms with E-state index in [4.69, 9.17) is 0 Å². The molecule has 0 atom stereocenters. The molecule has 2 rings (SSSR count). The number of halogens is 2. The number of benzene rings is 1. The summed E-state index contributed by atoms with van der Waals surface area (Å²) >= 11 is 3.26. The second-order valence-electron chi connectivity index (χ2n) is 4.46. The van der Waals surface area contributed by atoms with E-state index >= 15 is 0 Å². The van der Waals surface area contributed by atoms with Crippen molar-refractivity contribution in [1.82, 2.24) is 19.7 Å². The summed E-state index contributed by atoms with van der Waals surface area (Å²) in [6.07, 6.45) is 1.47. The topological polar surface area (TPSA) is 34.0 Å². The highest BCUT2D eigenvalue weighted by atomic mass is 79.9. The molecule has 0 saturated carbocycles. The van der Waals surface area contributed by atoms with Gasteiger partial charge >= 0.3 is 0 Å². The summed E-state index contributed by atoms with van der Waals surface area (Å²) in [7, 11) is 0. The van der Waals surface area contributed by atoms with Crippen LogP contribution in [0.3, 0.4) is 0 Å². The molecule has 0 radical (unpaired) electrons. The minimum Gasteiger partial charge on any atom is -0.302 e. The number of nitrogens with zero attached hydrogens (tertiary/aromatic N) is 4. The van der Waals surface area contributed by atoms with E-state index in [2.05, 4.69) is 44.8 Å². The van der Waals surface area contributed by atoms with Crippen molar-refractivity contribution in [2.24, 2.45) is 0 Å². The number of rotatable bonds is 6. The Hall–Kier alpha value is -1.27. The van der Waals surface area contributed by atoms with E-state index < -0.39 is 0 Å². The predicted octanol–water partition coefficient (Wildman–Crippen LogP) is 3.19. The molecule has 20 heavy (non-hydrogen) atoms. The number of hydrogen-bond donors (Lipinski definition) is 0. The monoisotopic (exact) mass is 340 g/mol. The fraction of sp³-hybridized carbons (Fsp3) is 0.429. The van der Waals surface area contributed by atoms with Crippen molar-refractivity contribution in [3.05, 3.63) is 34.8 Å². The van der Waals surface area contributed by atoms with Gasteiger partial charge in [0.15, 0.2) is 5.82 Å². The van der Waals surface area contributed by atoms with Crippen LogP contribution in [0.1, 0.15) is 13.8 Å². The maximum absolute atomic E-state index is 14.0. The van der Waals surface area contributed by atoms with E-state index in [1.165, 1.54) is 12.4 Å². The first-order valence-electron chi connectivity index (χ1n) is 6.71. The van der Waals surface area contributed by atoms with Crippen molar-refractivity contribution in [1.29, 1.82) is 0 Å². The highest BCUT2D eigenvalue weighted by Gasteiger charge is 2.13. The Morgan fingerprint density at radius 1 is 1.30 bits per heavy atom. The van der Waals surface area contributed by atoms with E-state index in [0.717, 1.165) is 19.6 Å². The second kappa shape index (κ2) is 6.95. The third-order valence-corrected chi connectivity index (χ3v) is 3.80. The van der Waals surface area contributed by atoms with E-state index in [9.17, 15) is 4.39 Å². The lowest BCUT2D eigenvalue weighted by atomic mass is 10.2. The van der Waals surface area contributed by atoms with Crippen molar-refractivity contribution in [2.45, 2.75) is 20.4 Å². The van der Waals surface area contributed by atoms with Crippen LogP contribution in [0.4, 0.5) is 4.39 Å². The van der Waals surface area contributed by atoms with Gasteiger partial charge < -0.3 is 4.90 Å². The van der Waals surface area contributed by atoms with Crippen molar-refractivity contribution in [3.8, 4) is 11.4 Å². The lowest BCUT2D eigenvalue weighted by molar-refractivity contribution is 0.286. The summed E-state index contributed by atoms with van der Waals surface area (Å²) in [6, 6.07) is 4.97. The van der Waals surface area contributed by atoms with Crippen LogP contribution in [0, 0.1) is 5.82 Å². The van der Waals surface area contributed by atoms with Gasteiger partial charge in [-0.3, -0.25) is 0 Å². The van der Waals surface area contributed by atoms with Crippen LogP contribution in [-0.4, -0.2) is 39.3 Å². The minimum absolute atomic E-state index is 0.295. The van der Waals surface area contributed by atoms with Gasteiger partial charge in [-0.25, -0.2) is 14.1 Å². The van der Waals surface area contributed by atoms with Crippen molar-refractivity contribution < 1.29 is 4.39 Å². The van der Waals surface area contributed by atoms with E-state index in [1.807, 2.05) is 6.07 Å². The van der Waals surface area contributed by atoms with Crippen LogP contribution in [0.15, 0.2) is 29.0 Å². The van der Waals surface area contributed by atoms with Crippen molar-refractivity contribution >= 4 is 15.9 Å². The molecule has 108 valence electrons. The summed E-state index contributed by atoms with van der Waals surface area (Å²) in [6.45, 7) is 7.81. The highest BCUT2D eigenvalue weighted by molar-refractivity contribution is 9.10. The number of aromatic nitrogens is 3. The molecule has 4 nitrogen and oxygen atoms in total. The molecule has 1 heterocycles. The summed E-state index contributed by atoms with van der Waals surface area (Å²) in [4.78, 5) is 6.48. The normalized spacial score (nSPS) is 11.2. The van der Waals surface area contributed by atoms with Gasteiger partial charge in [0.2, 0.25) is 0 Å². The summed E-state index contributed by atoms with van der Waals surface area (Å²) in [5.41, 5.74) is 0.477. The first-order chi connectivity index (χ1) is 9.65. The number of hydrogen-bond acceptors (Lipinski definition) is 3. The Morgan fingerprint density at radius 2 is 2.05 bits per heavy atom.